The second-order valence-corrected chi connectivity index (χ2v) is 8.44. The van der Waals surface area contributed by atoms with Crippen LogP contribution in [0, 0.1) is 11.3 Å². The summed E-state index contributed by atoms with van der Waals surface area (Å²) in [6, 6.07) is 15.8. The van der Waals surface area contributed by atoms with E-state index in [1.807, 2.05) is 44.2 Å². The maximum Gasteiger partial charge on any atom is 0.232 e. The minimum absolute atomic E-state index is 0.0134. The van der Waals surface area contributed by atoms with Crippen molar-refractivity contribution in [1.29, 1.82) is 5.26 Å². The normalized spacial score (nSPS) is 11.1. The van der Waals surface area contributed by atoms with Crippen molar-refractivity contribution >= 4 is 27.3 Å². The lowest BCUT2D eigenvalue weighted by atomic mass is 10.0. The second kappa shape index (κ2) is 8.69. The lowest BCUT2D eigenvalue weighted by molar-refractivity contribution is -0.116. The molecule has 0 spiro atoms. The van der Waals surface area contributed by atoms with Gasteiger partial charge in [0, 0.05) is 18.7 Å². The van der Waals surface area contributed by atoms with Crippen molar-refractivity contribution in [2.75, 3.05) is 22.4 Å². The number of nitriles is 1. The zero-order valence-corrected chi connectivity index (χ0v) is 16.5. The highest BCUT2D eigenvalue weighted by molar-refractivity contribution is 7.92. The van der Waals surface area contributed by atoms with Gasteiger partial charge >= 0.3 is 0 Å². The molecule has 0 heterocycles. The number of carbonyl (C=O) groups excluding carboxylic acids is 1. The van der Waals surface area contributed by atoms with Crippen LogP contribution in [-0.4, -0.2) is 27.1 Å². The molecule has 1 amide bonds. The van der Waals surface area contributed by atoms with Crippen molar-refractivity contribution in [3.63, 3.8) is 0 Å². The number of hydrogen-bond acceptors (Lipinski definition) is 4. The number of amides is 1. The van der Waals surface area contributed by atoms with E-state index in [0.717, 1.165) is 17.5 Å². The maximum absolute atomic E-state index is 12.4. The summed E-state index contributed by atoms with van der Waals surface area (Å²) in [4.78, 5) is 12.4. The van der Waals surface area contributed by atoms with Crippen LogP contribution in [0.15, 0.2) is 48.5 Å². The van der Waals surface area contributed by atoms with Gasteiger partial charge in [0.15, 0.2) is 0 Å². The Hall–Kier alpha value is -2.85. The highest BCUT2D eigenvalue weighted by Crippen LogP contribution is 2.24. The third-order valence-electron chi connectivity index (χ3n) is 4.08. The molecule has 142 valence electrons. The number of nitrogens with zero attached hydrogens (tertiary/aromatic N) is 2. The van der Waals surface area contributed by atoms with Crippen molar-refractivity contribution in [2.45, 2.75) is 26.2 Å². The van der Waals surface area contributed by atoms with Gasteiger partial charge in [-0.15, -0.1) is 0 Å². The third kappa shape index (κ3) is 5.56. The average molecular weight is 385 g/mol. The van der Waals surface area contributed by atoms with Crippen LogP contribution in [0.25, 0.3) is 0 Å². The summed E-state index contributed by atoms with van der Waals surface area (Å²) in [6.07, 6.45) is 1.11. The first-order chi connectivity index (χ1) is 12.7. The molecule has 0 saturated heterocycles. The smallest absolute Gasteiger partial charge is 0.232 e. The van der Waals surface area contributed by atoms with Crippen LogP contribution < -0.4 is 9.62 Å². The van der Waals surface area contributed by atoms with E-state index in [-0.39, 0.29) is 24.8 Å². The molecule has 2 rings (SSSR count). The summed E-state index contributed by atoms with van der Waals surface area (Å²) >= 11 is 0. The Labute approximate surface area is 160 Å². The van der Waals surface area contributed by atoms with Crippen LogP contribution in [0.4, 0.5) is 11.4 Å². The number of para-hydroxylation sites is 1. The Balaban J connectivity index is 2.11. The van der Waals surface area contributed by atoms with Crippen LogP contribution in [0.2, 0.25) is 0 Å². The van der Waals surface area contributed by atoms with Gasteiger partial charge < -0.3 is 5.32 Å². The van der Waals surface area contributed by atoms with Gasteiger partial charge in [0.25, 0.3) is 0 Å². The lowest BCUT2D eigenvalue weighted by Gasteiger charge is -2.22. The van der Waals surface area contributed by atoms with Gasteiger partial charge in [-0.25, -0.2) is 8.42 Å². The molecule has 2 aromatic carbocycles. The van der Waals surface area contributed by atoms with Crippen LogP contribution in [0.3, 0.4) is 0 Å². The van der Waals surface area contributed by atoms with E-state index in [4.69, 9.17) is 5.26 Å². The van der Waals surface area contributed by atoms with E-state index in [1.165, 1.54) is 4.31 Å². The summed E-state index contributed by atoms with van der Waals surface area (Å²) in [5.41, 5.74) is 2.63. The number of benzene rings is 2. The summed E-state index contributed by atoms with van der Waals surface area (Å²) in [5.74, 6) is -0.00179. The van der Waals surface area contributed by atoms with E-state index in [2.05, 4.69) is 5.32 Å². The molecule has 7 heteroatoms. The minimum Gasteiger partial charge on any atom is -0.326 e. The summed E-state index contributed by atoms with van der Waals surface area (Å²) < 4.78 is 25.4. The molecule has 0 unspecified atom stereocenters. The fourth-order valence-corrected chi connectivity index (χ4v) is 3.65. The molecule has 0 atom stereocenters. The first-order valence-electron chi connectivity index (χ1n) is 8.59. The van der Waals surface area contributed by atoms with Gasteiger partial charge in [0.1, 0.15) is 0 Å². The average Bonchev–Trinajstić information content (AvgIpc) is 2.61. The fourth-order valence-electron chi connectivity index (χ4n) is 2.72. The van der Waals surface area contributed by atoms with Crippen LogP contribution in [0.5, 0.6) is 0 Å². The molecule has 0 bridgehead atoms. The second-order valence-electron chi connectivity index (χ2n) is 6.53. The Morgan fingerprint density at radius 2 is 1.78 bits per heavy atom. The third-order valence-corrected chi connectivity index (χ3v) is 5.28. The van der Waals surface area contributed by atoms with Gasteiger partial charge in [-0.05, 0) is 41.8 Å². The first kappa shape index (κ1) is 20.5. The summed E-state index contributed by atoms with van der Waals surface area (Å²) in [7, 11) is -3.56. The van der Waals surface area contributed by atoms with E-state index in [0.29, 0.717) is 11.3 Å². The van der Waals surface area contributed by atoms with Crippen molar-refractivity contribution in [3.8, 4) is 6.07 Å². The SMILES string of the molecule is CC(C)c1ccccc1NC(=O)CCN(c1ccc(C#N)cc1)S(C)(=O)=O. The Kier molecular flexibility index (Phi) is 6.59. The molecule has 0 saturated carbocycles. The maximum atomic E-state index is 12.4. The van der Waals surface area contributed by atoms with E-state index in [9.17, 15) is 13.2 Å². The molecular formula is C20H23N3O3S. The molecule has 0 aliphatic carbocycles. The monoisotopic (exact) mass is 385 g/mol. The van der Waals surface area contributed by atoms with Crippen molar-refractivity contribution in [2.24, 2.45) is 0 Å². The molecule has 1 N–H and O–H groups in total. The molecule has 0 fully saturated rings. The Morgan fingerprint density at radius 1 is 1.15 bits per heavy atom. The zero-order chi connectivity index (χ0) is 20.0. The Bertz CT molecular complexity index is 945. The molecule has 0 aliphatic heterocycles. The highest BCUT2D eigenvalue weighted by Gasteiger charge is 2.19. The van der Waals surface area contributed by atoms with E-state index >= 15 is 0 Å². The molecule has 2 aromatic rings. The zero-order valence-electron chi connectivity index (χ0n) is 15.6. The van der Waals surface area contributed by atoms with Gasteiger partial charge in [-0.3, -0.25) is 9.10 Å². The molecule has 0 aromatic heterocycles. The first-order valence-corrected chi connectivity index (χ1v) is 10.4. The van der Waals surface area contributed by atoms with Gasteiger partial charge in [-0.2, -0.15) is 5.26 Å². The number of hydrogen-bond donors (Lipinski definition) is 1. The lowest BCUT2D eigenvalue weighted by Crippen LogP contribution is -2.33. The molecular weight excluding hydrogens is 362 g/mol. The predicted octanol–water partition coefficient (Wildman–Crippen LogP) is 3.48. The largest absolute Gasteiger partial charge is 0.326 e. The van der Waals surface area contributed by atoms with Crippen LogP contribution in [-0.2, 0) is 14.8 Å². The standard InChI is InChI=1S/C20H23N3O3S/c1-15(2)18-6-4-5-7-19(18)22-20(24)12-13-23(27(3,25)26)17-10-8-16(14-21)9-11-17/h4-11,15H,12-13H2,1-3H3,(H,22,24). The van der Waals surface area contributed by atoms with Crippen molar-refractivity contribution in [1.82, 2.24) is 0 Å². The number of rotatable bonds is 7. The fraction of sp³-hybridized carbons (Fsp3) is 0.300. The van der Waals surface area contributed by atoms with Crippen molar-refractivity contribution < 1.29 is 13.2 Å². The minimum atomic E-state index is -3.56. The molecule has 27 heavy (non-hydrogen) atoms. The van der Waals surface area contributed by atoms with Crippen LogP contribution >= 0.6 is 0 Å². The predicted molar refractivity (Wildman–Crippen MR) is 107 cm³/mol. The molecule has 0 aliphatic rings. The van der Waals surface area contributed by atoms with Gasteiger partial charge in [0.2, 0.25) is 15.9 Å². The summed E-state index contributed by atoms with van der Waals surface area (Å²) in [5, 5.41) is 11.7. The van der Waals surface area contributed by atoms with E-state index in [1.54, 1.807) is 24.3 Å². The Morgan fingerprint density at radius 3 is 2.33 bits per heavy atom. The molecule has 6 nitrogen and oxygen atoms in total. The van der Waals surface area contributed by atoms with Gasteiger partial charge in [0.05, 0.1) is 23.6 Å². The quantitative estimate of drug-likeness (QED) is 0.790. The number of nitrogens with one attached hydrogen (secondary N) is 1. The number of sulfonamides is 1. The summed E-state index contributed by atoms with van der Waals surface area (Å²) in [6.45, 7) is 4.10. The topological polar surface area (TPSA) is 90.3 Å². The molecule has 0 radical (unpaired) electrons. The van der Waals surface area contributed by atoms with E-state index < -0.39 is 10.0 Å². The number of carbonyl (C=O) groups is 1. The number of anilines is 2. The van der Waals surface area contributed by atoms with Gasteiger partial charge in [-0.1, -0.05) is 32.0 Å². The van der Waals surface area contributed by atoms with Crippen LogP contribution in [0.1, 0.15) is 37.3 Å². The highest BCUT2D eigenvalue weighted by atomic mass is 32.2. The van der Waals surface area contributed by atoms with Crippen molar-refractivity contribution in [3.05, 3.63) is 59.7 Å².